The minimum absolute atomic E-state index is 0.0836. The summed E-state index contributed by atoms with van der Waals surface area (Å²) >= 11 is 0. The quantitative estimate of drug-likeness (QED) is 0.387. The maximum absolute atomic E-state index is 12.6. The minimum atomic E-state index is -3.45. The third kappa shape index (κ3) is 8.24. The number of benzene rings is 1. The van der Waals surface area contributed by atoms with E-state index in [0.29, 0.717) is 17.5 Å². The zero-order valence-corrected chi connectivity index (χ0v) is 20.6. The number of guanidine groups is 1. The Balaban J connectivity index is 2.55. The van der Waals surface area contributed by atoms with Crippen LogP contribution in [0.4, 0.5) is 0 Å². The van der Waals surface area contributed by atoms with Gasteiger partial charge in [0.1, 0.15) is 0 Å². The first kappa shape index (κ1) is 26.4. The molecule has 172 valence electrons. The molecule has 0 heterocycles. The second-order valence-electron chi connectivity index (χ2n) is 7.90. The van der Waals surface area contributed by atoms with Gasteiger partial charge in [-0.25, -0.2) is 8.42 Å². The Bertz CT molecular complexity index is 743. The van der Waals surface area contributed by atoms with Crippen LogP contribution in [0.3, 0.4) is 0 Å². The molecule has 2 N–H and O–H groups in total. The second-order valence-corrected chi connectivity index (χ2v) is 9.90. The number of rotatable bonds is 12. The molecule has 0 saturated carbocycles. The molecule has 0 radical (unpaired) electrons. The first-order valence-electron chi connectivity index (χ1n) is 10.9. The SMILES string of the molecule is CCN(CC)CCCC(C)NC(=NC)NCc1ccc(S(=O)(=O)N(C)C(C)C)cc1. The van der Waals surface area contributed by atoms with Crippen LogP contribution < -0.4 is 10.6 Å². The van der Waals surface area contributed by atoms with Gasteiger partial charge in [-0.05, 0) is 70.9 Å². The Morgan fingerprint density at radius 2 is 1.70 bits per heavy atom. The fourth-order valence-corrected chi connectivity index (χ4v) is 4.44. The average Bonchev–Trinajstić information content (AvgIpc) is 2.73. The molecule has 0 aliphatic carbocycles. The van der Waals surface area contributed by atoms with Crippen molar-refractivity contribution < 1.29 is 8.42 Å². The zero-order valence-electron chi connectivity index (χ0n) is 19.8. The van der Waals surface area contributed by atoms with E-state index in [4.69, 9.17) is 0 Å². The number of aliphatic imine (C=N–C) groups is 1. The molecule has 1 unspecified atom stereocenters. The fraction of sp³-hybridized carbons (Fsp3) is 0.682. The van der Waals surface area contributed by atoms with Gasteiger partial charge in [0, 0.05) is 32.7 Å². The van der Waals surface area contributed by atoms with E-state index in [1.807, 2.05) is 26.0 Å². The van der Waals surface area contributed by atoms with Gasteiger partial charge in [0.15, 0.2) is 5.96 Å². The Morgan fingerprint density at radius 1 is 1.10 bits per heavy atom. The lowest BCUT2D eigenvalue weighted by atomic mass is 10.2. The van der Waals surface area contributed by atoms with Crippen LogP contribution in [0.15, 0.2) is 34.2 Å². The van der Waals surface area contributed by atoms with Gasteiger partial charge in [-0.1, -0.05) is 26.0 Å². The Labute approximate surface area is 184 Å². The van der Waals surface area contributed by atoms with Crippen LogP contribution in [-0.2, 0) is 16.6 Å². The van der Waals surface area contributed by atoms with Gasteiger partial charge in [-0.15, -0.1) is 0 Å². The minimum Gasteiger partial charge on any atom is -0.354 e. The lowest BCUT2D eigenvalue weighted by Gasteiger charge is -2.21. The molecule has 1 rings (SSSR count). The predicted molar refractivity (Wildman–Crippen MR) is 126 cm³/mol. The summed E-state index contributed by atoms with van der Waals surface area (Å²) in [5.74, 6) is 0.751. The van der Waals surface area contributed by atoms with Crippen LogP contribution >= 0.6 is 0 Å². The summed E-state index contributed by atoms with van der Waals surface area (Å²) < 4.78 is 26.5. The van der Waals surface area contributed by atoms with Gasteiger partial charge >= 0.3 is 0 Å². The molecule has 1 atom stereocenters. The van der Waals surface area contributed by atoms with Crippen molar-refractivity contribution in [2.45, 2.75) is 71.0 Å². The molecule has 0 aliphatic heterocycles. The van der Waals surface area contributed by atoms with E-state index < -0.39 is 10.0 Å². The highest BCUT2D eigenvalue weighted by atomic mass is 32.2. The molecular formula is C22H41N5O2S. The maximum atomic E-state index is 12.6. The first-order valence-corrected chi connectivity index (χ1v) is 12.4. The number of hydrogen-bond donors (Lipinski definition) is 2. The van der Waals surface area contributed by atoms with Crippen molar-refractivity contribution in [1.82, 2.24) is 19.8 Å². The smallest absolute Gasteiger partial charge is 0.243 e. The van der Waals surface area contributed by atoms with E-state index >= 15 is 0 Å². The van der Waals surface area contributed by atoms with Gasteiger partial charge < -0.3 is 15.5 Å². The number of nitrogens with one attached hydrogen (secondary N) is 2. The summed E-state index contributed by atoms with van der Waals surface area (Å²) in [4.78, 5) is 7.04. The first-order chi connectivity index (χ1) is 14.1. The highest BCUT2D eigenvalue weighted by molar-refractivity contribution is 7.89. The van der Waals surface area contributed by atoms with Crippen LogP contribution in [-0.4, -0.2) is 69.4 Å². The molecular weight excluding hydrogens is 398 g/mol. The van der Waals surface area contributed by atoms with Crippen molar-refractivity contribution >= 4 is 16.0 Å². The van der Waals surface area contributed by atoms with E-state index in [0.717, 1.165) is 44.0 Å². The molecule has 0 amide bonds. The lowest BCUT2D eigenvalue weighted by Crippen LogP contribution is -2.42. The topological polar surface area (TPSA) is 77.0 Å². The standard InChI is InChI=1S/C22H41N5O2S/c1-8-27(9-2)16-10-11-19(5)25-22(23-6)24-17-20-12-14-21(15-13-20)30(28,29)26(7)18(3)4/h12-15,18-19H,8-11,16-17H2,1-7H3,(H2,23,24,25). The van der Waals surface area contributed by atoms with E-state index in [1.165, 1.54) is 4.31 Å². The van der Waals surface area contributed by atoms with Gasteiger partial charge in [0.25, 0.3) is 0 Å². The molecule has 0 bridgehead atoms. The van der Waals surface area contributed by atoms with Crippen molar-refractivity contribution in [2.24, 2.45) is 4.99 Å². The monoisotopic (exact) mass is 439 g/mol. The highest BCUT2D eigenvalue weighted by Gasteiger charge is 2.22. The molecule has 0 aromatic heterocycles. The van der Waals surface area contributed by atoms with Gasteiger partial charge in [-0.2, -0.15) is 4.31 Å². The number of hydrogen-bond acceptors (Lipinski definition) is 4. The fourth-order valence-electron chi connectivity index (χ4n) is 3.07. The summed E-state index contributed by atoms with van der Waals surface area (Å²) in [5, 5.41) is 6.73. The van der Waals surface area contributed by atoms with Crippen LogP contribution in [0.25, 0.3) is 0 Å². The molecule has 0 aliphatic rings. The summed E-state index contributed by atoms with van der Waals surface area (Å²) in [7, 11) is -0.0877. The Morgan fingerprint density at radius 3 is 2.20 bits per heavy atom. The van der Waals surface area contributed by atoms with Crippen LogP contribution in [0.1, 0.15) is 53.0 Å². The van der Waals surface area contributed by atoms with Gasteiger partial charge in [0.05, 0.1) is 4.90 Å². The zero-order chi connectivity index (χ0) is 22.7. The molecule has 30 heavy (non-hydrogen) atoms. The summed E-state index contributed by atoms with van der Waals surface area (Å²) in [6.07, 6.45) is 2.22. The van der Waals surface area contributed by atoms with Crippen molar-refractivity contribution in [2.75, 3.05) is 33.7 Å². The largest absolute Gasteiger partial charge is 0.354 e. The van der Waals surface area contributed by atoms with E-state index in [-0.39, 0.29) is 6.04 Å². The summed E-state index contributed by atoms with van der Waals surface area (Å²) in [6.45, 7) is 14.2. The van der Waals surface area contributed by atoms with Gasteiger partial charge in [-0.3, -0.25) is 4.99 Å². The third-order valence-electron chi connectivity index (χ3n) is 5.40. The maximum Gasteiger partial charge on any atom is 0.243 e. The molecule has 0 spiro atoms. The van der Waals surface area contributed by atoms with Gasteiger partial charge in [0.2, 0.25) is 10.0 Å². The van der Waals surface area contributed by atoms with E-state index in [2.05, 4.69) is 41.3 Å². The van der Waals surface area contributed by atoms with Crippen molar-refractivity contribution in [3.8, 4) is 0 Å². The van der Waals surface area contributed by atoms with Crippen LogP contribution in [0.2, 0.25) is 0 Å². The van der Waals surface area contributed by atoms with Crippen LogP contribution in [0.5, 0.6) is 0 Å². The summed E-state index contributed by atoms with van der Waals surface area (Å²) in [6, 6.07) is 7.25. The molecule has 0 fully saturated rings. The highest BCUT2D eigenvalue weighted by Crippen LogP contribution is 2.17. The second kappa shape index (κ2) is 12.9. The third-order valence-corrected chi connectivity index (χ3v) is 7.45. The predicted octanol–water partition coefficient (Wildman–Crippen LogP) is 2.89. The Hall–Kier alpha value is -1.64. The van der Waals surface area contributed by atoms with Crippen LogP contribution in [0, 0.1) is 0 Å². The normalized spacial score (nSPS) is 13.9. The van der Waals surface area contributed by atoms with E-state index in [9.17, 15) is 8.42 Å². The molecule has 7 nitrogen and oxygen atoms in total. The average molecular weight is 440 g/mol. The molecule has 0 saturated heterocycles. The van der Waals surface area contributed by atoms with Crippen molar-refractivity contribution in [3.63, 3.8) is 0 Å². The summed E-state index contributed by atoms with van der Waals surface area (Å²) in [5.41, 5.74) is 0.998. The lowest BCUT2D eigenvalue weighted by molar-refractivity contribution is 0.292. The van der Waals surface area contributed by atoms with E-state index in [1.54, 1.807) is 26.2 Å². The number of nitrogens with zero attached hydrogens (tertiary/aromatic N) is 3. The number of sulfonamides is 1. The Kier molecular flexibility index (Phi) is 11.4. The van der Waals surface area contributed by atoms with Crippen molar-refractivity contribution in [3.05, 3.63) is 29.8 Å². The molecule has 8 heteroatoms. The van der Waals surface area contributed by atoms with Crippen molar-refractivity contribution in [1.29, 1.82) is 0 Å². The molecule has 1 aromatic carbocycles. The molecule has 1 aromatic rings.